The Balaban J connectivity index is 0. The molecule has 52 valence electrons. The van der Waals surface area contributed by atoms with Crippen molar-refractivity contribution in [1.29, 1.82) is 0 Å². The van der Waals surface area contributed by atoms with Gasteiger partial charge in [0, 0.05) is 0 Å². The van der Waals surface area contributed by atoms with E-state index in [0.717, 1.165) is 0 Å². The number of hydrogen-bond donors (Lipinski definition) is 1. The van der Waals surface area contributed by atoms with Gasteiger partial charge >= 0.3 is 0 Å². The number of unbranched alkanes of at least 4 members (excludes halogenated alkanes) is 1. The lowest BCUT2D eigenvalue weighted by Crippen LogP contribution is -2.00. The molecule has 0 saturated carbocycles. The average molecular weight is 144 g/mol. The number of rotatable bonds is 4. The van der Waals surface area contributed by atoms with Crippen molar-refractivity contribution in [2.45, 2.75) is 12.8 Å². The fourth-order valence-electron chi connectivity index (χ4n) is 0.280. The monoisotopic (exact) mass is 143 g/mol. The molecule has 0 fully saturated rings. The first-order valence-electron chi connectivity index (χ1n) is 2.29. The second kappa shape index (κ2) is 10.2. The van der Waals surface area contributed by atoms with Gasteiger partial charge in [0.25, 0.3) is 0 Å². The minimum absolute atomic E-state index is 0. The molecule has 0 radical (unpaired) electrons. The van der Waals surface area contributed by atoms with Gasteiger partial charge in [-0.25, -0.2) is 5.90 Å². The molecule has 0 aliphatic heterocycles. The number of alkyl halides is 1. The van der Waals surface area contributed by atoms with Crippen molar-refractivity contribution >= 4 is 12.4 Å². The van der Waals surface area contributed by atoms with Crippen molar-refractivity contribution in [3.05, 3.63) is 0 Å². The van der Waals surface area contributed by atoms with E-state index < -0.39 is 0 Å². The molecule has 2 nitrogen and oxygen atoms in total. The molecule has 4 heteroatoms. The van der Waals surface area contributed by atoms with Gasteiger partial charge < -0.3 is 4.84 Å². The van der Waals surface area contributed by atoms with E-state index in [-0.39, 0.29) is 19.1 Å². The molecule has 0 aromatic carbocycles. The minimum Gasteiger partial charge on any atom is -0.305 e. The molecule has 0 aliphatic carbocycles. The quantitative estimate of drug-likeness (QED) is 0.472. The predicted molar refractivity (Wildman–Crippen MR) is 32.6 cm³/mol. The van der Waals surface area contributed by atoms with Crippen LogP contribution in [0.3, 0.4) is 0 Å². The Labute approximate surface area is 54.6 Å². The summed E-state index contributed by atoms with van der Waals surface area (Å²) in [5.74, 6) is 4.65. The van der Waals surface area contributed by atoms with Gasteiger partial charge in [0.05, 0.1) is 13.3 Å². The van der Waals surface area contributed by atoms with Gasteiger partial charge in [0.2, 0.25) is 0 Å². The van der Waals surface area contributed by atoms with Crippen LogP contribution in [0.25, 0.3) is 0 Å². The third kappa shape index (κ3) is 9.46. The molecular formula is C4H11ClFNO. The van der Waals surface area contributed by atoms with E-state index in [0.29, 0.717) is 19.4 Å². The lowest BCUT2D eigenvalue weighted by molar-refractivity contribution is 0.132. The van der Waals surface area contributed by atoms with Crippen LogP contribution in [0.2, 0.25) is 0 Å². The maximum Gasteiger partial charge on any atom is 0.0895 e. The van der Waals surface area contributed by atoms with Gasteiger partial charge in [-0.3, -0.25) is 4.39 Å². The maximum absolute atomic E-state index is 11.2. The Morgan fingerprint density at radius 2 is 2.00 bits per heavy atom. The van der Waals surface area contributed by atoms with Crippen molar-refractivity contribution in [2.24, 2.45) is 5.90 Å². The number of hydrogen-bond acceptors (Lipinski definition) is 2. The Kier molecular flexibility index (Phi) is 14.0. The zero-order valence-corrected chi connectivity index (χ0v) is 5.42. The molecule has 0 aliphatic rings. The molecule has 0 saturated heterocycles. The van der Waals surface area contributed by atoms with Gasteiger partial charge in [0.15, 0.2) is 0 Å². The highest BCUT2D eigenvalue weighted by Crippen LogP contribution is 1.86. The summed E-state index contributed by atoms with van der Waals surface area (Å²) >= 11 is 0. The van der Waals surface area contributed by atoms with E-state index >= 15 is 0 Å². The normalized spacial score (nSPS) is 8.25. The number of nitrogens with two attached hydrogens (primary N) is 1. The van der Waals surface area contributed by atoms with Gasteiger partial charge in [0.1, 0.15) is 0 Å². The first-order valence-corrected chi connectivity index (χ1v) is 2.29. The topological polar surface area (TPSA) is 35.2 Å². The average Bonchev–Trinajstić information content (AvgIpc) is 1.69. The zero-order chi connectivity index (χ0) is 5.54. The SMILES string of the molecule is Cl.NOCCCCF. The largest absolute Gasteiger partial charge is 0.305 e. The molecule has 0 aromatic rings. The van der Waals surface area contributed by atoms with Crippen molar-refractivity contribution in [1.82, 2.24) is 0 Å². The first kappa shape index (κ1) is 11.0. The molecule has 0 unspecified atom stereocenters. The summed E-state index contributed by atoms with van der Waals surface area (Å²) in [5, 5.41) is 0. The number of halogens is 2. The molecule has 0 heterocycles. The molecule has 8 heavy (non-hydrogen) atoms. The second-order valence-corrected chi connectivity index (χ2v) is 1.27. The third-order valence-electron chi connectivity index (χ3n) is 0.646. The van der Waals surface area contributed by atoms with Crippen LogP contribution in [0.5, 0.6) is 0 Å². The second-order valence-electron chi connectivity index (χ2n) is 1.27. The predicted octanol–water partition coefficient (Wildman–Crippen LogP) is 1.05. The Hall–Kier alpha value is 0.140. The van der Waals surface area contributed by atoms with Crippen LogP contribution in [0, 0.1) is 0 Å². The highest BCUT2D eigenvalue weighted by molar-refractivity contribution is 5.85. The molecule has 0 aromatic heterocycles. The van der Waals surface area contributed by atoms with Crippen molar-refractivity contribution in [3.63, 3.8) is 0 Å². The van der Waals surface area contributed by atoms with Gasteiger partial charge in [-0.1, -0.05) is 0 Å². The molecule has 0 bridgehead atoms. The highest BCUT2D eigenvalue weighted by Gasteiger charge is 1.82. The smallest absolute Gasteiger partial charge is 0.0895 e. The summed E-state index contributed by atoms with van der Waals surface area (Å²) in [5.41, 5.74) is 0. The van der Waals surface area contributed by atoms with E-state index in [1.807, 2.05) is 0 Å². The van der Waals surface area contributed by atoms with E-state index in [2.05, 4.69) is 10.7 Å². The van der Waals surface area contributed by atoms with Crippen molar-refractivity contribution in [3.8, 4) is 0 Å². The molecule has 0 rings (SSSR count). The fraction of sp³-hybridized carbons (Fsp3) is 1.00. The maximum atomic E-state index is 11.2. The Morgan fingerprint density at radius 3 is 2.38 bits per heavy atom. The first-order chi connectivity index (χ1) is 3.41. The summed E-state index contributed by atoms with van der Waals surface area (Å²) in [6.07, 6.45) is 1.27. The fourth-order valence-corrected chi connectivity index (χ4v) is 0.280. The standard InChI is InChI=1S/C4H10FNO.ClH/c5-3-1-2-4-7-6;/h1-4,6H2;1H. The third-order valence-corrected chi connectivity index (χ3v) is 0.646. The van der Waals surface area contributed by atoms with Crippen molar-refractivity contribution in [2.75, 3.05) is 13.3 Å². The van der Waals surface area contributed by atoms with E-state index in [1.54, 1.807) is 0 Å². The minimum atomic E-state index is -0.274. The van der Waals surface area contributed by atoms with Crippen LogP contribution in [0.1, 0.15) is 12.8 Å². The van der Waals surface area contributed by atoms with Gasteiger partial charge in [-0.15, -0.1) is 12.4 Å². The van der Waals surface area contributed by atoms with Gasteiger partial charge in [-0.2, -0.15) is 0 Å². The molecule has 2 N–H and O–H groups in total. The van der Waals surface area contributed by atoms with Crippen LogP contribution < -0.4 is 5.90 Å². The molecule has 0 amide bonds. The summed E-state index contributed by atoms with van der Waals surface area (Å²) in [6, 6.07) is 0. The molecule has 0 spiro atoms. The summed E-state index contributed by atoms with van der Waals surface area (Å²) in [6.45, 7) is 0.188. The van der Waals surface area contributed by atoms with E-state index in [1.165, 1.54) is 0 Å². The lowest BCUT2D eigenvalue weighted by Gasteiger charge is -1.90. The molecular weight excluding hydrogens is 133 g/mol. The molecule has 0 atom stereocenters. The summed E-state index contributed by atoms with van der Waals surface area (Å²) < 4.78 is 11.2. The van der Waals surface area contributed by atoms with E-state index in [9.17, 15) is 4.39 Å². The lowest BCUT2D eigenvalue weighted by atomic mass is 10.3. The van der Waals surface area contributed by atoms with E-state index in [4.69, 9.17) is 0 Å². The van der Waals surface area contributed by atoms with Crippen LogP contribution in [-0.2, 0) is 4.84 Å². The Morgan fingerprint density at radius 1 is 1.38 bits per heavy atom. The highest BCUT2D eigenvalue weighted by atomic mass is 35.5. The van der Waals surface area contributed by atoms with Gasteiger partial charge in [-0.05, 0) is 12.8 Å². The Bertz CT molecular complexity index is 35.2. The van der Waals surface area contributed by atoms with Crippen LogP contribution in [0.15, 0.2) is 0 Å². The van der Waals surface area contributed by atoms with Crippen LogP contribution in [0.4, 0.5) is 4.39 Å². The van der Waals surface area contributed by atoms with Crippen molar-refractivity contribution < 1.29 is 9.23 Å². The summed E-state index contributed by atoms with van der Waals surface area (Å²) in [4.78, 5) is 4.18. The van der Waals surface area contributed by atoms with Crippen LogP contribution >= 0.6 is 12.4 Å². The van der Waals surface area contributed by atoms with Crippen LogP contribution in [-0.4, -0.2) is 13.3 Å². The zero-order valence-electron chi connectivity index (χ0n) is 4.60. The summed E-state index contributed by atoms with van der Waals surface area (Å²) in [7, 11) is 0.